The number of H-pyrrole nitrogens is 1. The lowest BCUT2D eigenvalue weighted by atomic mass is 10.2. The van der Waals surface area contributed by atoms with Crippen molar-refractivity contribution in [3.8, 4) is 0 Å². The van der Waals surface area contributed by atoms with E-state index < -0.39 is 26.6 Å². The molecule has 7 nitrogen and oxygen atoms in total. The van der Waals surface area contributed by atoms with E-state index in [0.717, 1.165) is 6.20 Å². The summed E-state index contributed by atoms with van der Waals surface area (Å²) >= 11 is 5.78. The summed E-state index contributed by atoms with van der Waals surface area (Å²) in [5.74, 6) is -1.38. The van der Waals surface area contributed by atoms with Crippen LogP contribution in [0.25, 0.3) is 0 Å². The molecule has 0 bridgehead atoms. The maximum absolute atomic E-state index is 12.1. The summed E-state index contributed by atoms with van der Waals surface area (Å²) in [5.41, 5.74) is 0.488. The number of carboxylic acids is 1. The van der Waals surface area contributed by atoms with E-state index in [-0.39, 0.29) is 0 Å². The van der Waals surface area contributed by atoms with Gasteiger partial charge in [0.05, 0.1) is 11.9 Å². The van der Waals surface area contributed by atoms with Crippen LogP contribution in [0.15, 0.2) is 29.4 Å². The van der Waals surface area contributed by atoms with Crippen molar-refractivity contribution in [1.29, 1.82) is 0 Å². The van der Waals surface area contributed by atoms with Gasteiger partial charge in [-0.3, -0.25) is 9.82 Å². The Morgan fingerprint density at radius 3 is 2.75 bits per heavy atom. The highest BCUT2D eigenvalue weighted by Gasteiger charge is 2.25. The van der Waals surface area contributed by atoms with Crippen LogP contribution in [0.5, 0.6) is 0 Å². The van der Waals surface area contributed by atoms with Gasteiger partial charge in [-0.2, -0.15) is 13.5 Å². The zero-order valence-corrected chi connectivity index (χ0v) is 11.8. The largest absolute Gasteiger partial charge is 0.478 e. The second kappa shape index (κ2) is 5.14. The molecule has 0 aliphatic rings. The fraction of sp³-hybridized carbons (Fsp3) is 0.0909. The number of aromatic carboxylic acids is 1. The van der Waals surface area contributed by atoms with Gasteiger partial charge in [0.1, 0.15) is 5.56 Å². The molecule has 0 aliphatic heterocycles. The zero-order valence-electron chi connectivity index (χ0n) is 10.2. The number of nitrogens with zero attached hydrogens (tertiary/aromatic N) is 1. The van der Waals surface area contributed by atoms with Gasteiger partial charge < -0.3 is 5.11 Å². The summed E-state index contributed by atoms with van der Waals surface area (Å²) in [7, 11) is -4.07. The monoisotopic (exact) mass is 315 g/mol. The van der Waals surface area contributed by atoms with Crippen molar-refractivity contribution in [3.05, 3.63) is 40.5 Å². The second-order valence-corrected chi connectivity index (χ2v) is 6.04. The number of anilines is 1. The highest BCUT2D eigenvalue weighted by atomic mass is 35.5. The van der Waals surface area contributed by atoms with Gasteiger partial charge in [0.15, 0.2) is 5.03 Å². The number of rotatable bonds is 4. The van der Waals surface area contributed by atoms with Crippen molar-refractivity contribution in [2.45, 2.75) is 11.9 Å². The first-order chi connectivity index (χ1) is 9.31. The average molecular weight is 316 g/mol. The summed E-state index contributed by atoms with van der Waals surface area (Å²) in [4.78, 5) is 10.9. The van der Waals surface area contributed by atoms with Crippen LogP contribution in [-0.2, 0) is 10.0 Å². The molecule has 3 N–H and O–H groups in total. The van der Waals surface area contributed by atoms with Crippen LogP contribution >= 0.6 is 11.6 Å². The molecule has 0 amide bonds. The number of hydrogen-bond donors (Lipinski definition) is 3. The minimum atomic E-state index is -4.07. The third kappa shape index (κ3) is 2.75. The molecule has 1 aromatic carbocycles. The van der Waals surface area contributed by atoms with E-state index >= 15 is 0 Å². The predicted octanol–water partition coefficient (Wildman–Crippen LogP) is 1.87. The third-order valence-electron chi connectivity index (χ3n) is 2.54. The molecule has 0 saturated heterocycles. The van der Waals surface area contributed by atoms with Crippen LogP contribution in [0.4, 0.5) is 5.69 Å². The van der Waals surface area contributed by atoms with Gasteiger partial charge in [0.2, 0.25) is 0 Å². The van der Waals surface area contributed by atoms with E-state index in [1.807, 2.05) is 0 Å². The van der Waals surface area contributed by atoms with E-state index in [0.29, 0.717) is 16.3 Å². The number of aromatic amines is 1. The number of halogens is 1. The zero-order chi connectivity index (χ0) is 14.9. The highest BCUT2D eigenvalue weighted by molar-refractivity contribution is 7.92. The summed E-state index contributed by atoms with van der Waals surface area (Å²) < 4.78 is 26.6. The van der Waals surface area contributed by atoms with Crippen LogP contribution in [0.1, 0.15) is 15.9 Å². The lowest BCUT2D eigenvalue weighted by Crippen LogP contribution is -2.17. The minimum absolute atomic E-state index is 0.306. The molecule has 106 valence electrons. The van der Waals surface area contributed by atoms with Crippen molar-refractivity contribution in [2.75, 3.05) is 4.72 Å². The molecule has 0 atom stereocenters. The molecule has 0 unspecified atom stereocenters. The summed E-state index contributed by atoms with van der Waals surface area (Å²) in [6.45, 7) is 1.68. The molecule has 20 heavy (non-hydrogen) atoms. The molecule has 2 rings (SSSR count). The fourth-order valence-electron chi connectivity index (χ4n) is 1.57. The summed E-state index contributed by atoms with van der Waals surface area (Å²) in [6, 6.07) is 4.61. The lowest BCUT2D eigenvalue weighted by molar-refractivity contribution is 0.0692. The number of sulfonamides is 1. The molecule has 0 fully saturated rings. The number of aromatic nitrogens is 2. The van der Waals surface area contributed by atoms with Gasteiger partial charge in [-0.05, 0) is 30.7 Å². The van der Waals surface area contributed by atoms with Crippen LogP contribution in [0.3, 0.4) is 0 Å². The lowest BCUT2D eigenvalue weighted by Gasteiger charge is -2.10. The minimum Gasteiger partial charge on any atom is -0.478 e. The van der Waals surface area contributed by atoms with Crippen molar-refractivity contribution in [3.63, 3.8) is 0 Å². The SMILES string of the molecule is Cc1cc(Cl)ccc1NS(=O)(=O)c1[nH]ncc1C(=O)O. The van der Waals surface area contributed by atoms with Crippen molar-refractivity contribution in [1.82, 2.24) is 10.2 Å². The topological polar surface area (TPSA) is 112 Å². The Morgan fingerprint density at radius 1 is 1.45 bits per heavy atom. The van der Waals surface area contributed by atoms with Crippen molar-refractivity contribution in [2.24, 2.45) is 0 Å². The first kappa shape index (κ1) is 14.4. The standard InChI is InChI=1S/C11H10ClN3O4S/c1-6-4-7(12)2-3-9(6)15-20(18,19)10-8(11(16)17)5-13-14-10/h2-5,15H,1H3,(H,13,14)(H,16,17). The molecular formula is C11H10ClN3O4S. The molecule has 1 heterocycles. The molecule has 0 spiro atoms. The van der Waals surface area contributed by atoms with Gasteiger partial charge in [-0.15, -0.1) is 0 Å². The normalized spacial score (nSPS) is 11.3. The Balaban J connectivity index is 2.41. The van der Waals surface area contributed by atoms with Crippen LogP contribution in [0.2, 0.25) is 5.02 Å². The number of hydrogen-bond acceptors (Lipinski definition) is 4. The van der Waals surface area contributed by atoms with E-state index in [4.69, 9.17) is 16.7 Å². The average Bonchev–Trinajstić information content (AvgIpc) is 2.82. The van der Waals surface area contributed by atoms with E-state index in [1.165, 1.54) is 12.1 Å². The predicted molar refractivity (Wildman–Crippen MR) is 72.5 cm³/mol. The number of benzene rings is 1. The van der Waals surface area contributed by atoms with Gasteiger partial charge in [-0.25, -0.2) is 4.79 Å². The van der Waals surface area contributed by atoms with Gasteiger partial charge in [-0.1, -0.05) is 11.6 Å². The number of nitrogens with one attached hydrogen (secondary N) is 2. The summed E-state index contributed by atoms with van der Waals surface area (Å²) in [5, 5.41) is 14.5. The van der Waals surface area contributed by atoms with Crippen molar-refractivity contribution < 1.29 is 18.3 Å². The smallest absolute Gasteiger partial charge is 0.340 e. The number of carboxylic acid groups (broad SMARTS) is 1. The van der Waals surface area contributed by atoms with Crippen LogP contribution < -0.4 is 4.72 Å². The highest BCUT2D eigenvalue weighted by Crippen LogP contribution is 2.23. The van der Waals surface area contributed by atoms with Crippen LogP contribution in [-0.4, -0.2) is 29.7 Å². The Morgan fingerprint density at radius 2 is 2.15 bits per heavy atom. The van der Waals surface area contributed by atoms with E-state index in [1.54, 1.807) is 13.0 Å². The number of aryl methyl sites for hydroxylation is 1. The maximum Gasteiger partial charge on any atom is 0.340 e. The van der Waals surface area contributed by atoms with Crippen LogP contribution in [0, 0.1) is 6.92 Å². The molecule has 9 heteroatoms. The summed E-state index contributed by atoms with van der Waals surface area (Å²) in [6.07, 6.45) is 0.936. The molecule has 1 aromatic heterocycles. The molecule has 0 saturated carbocycles. The maximum atomic E-state index is 12.1. The molecule has 2 aromatic rings. The van der Waals surface area contributed by atoms with Crippen molar-refractivity contribution >= 4 is 33.3 Å². The molecule has 0 aliphatic carbocycles. The Labute approximate surface area is 119 Å². The first-order valence-electron chi connectivity index (χ1n) is 5.37. The Hall–Kier alpha value is -2.06. The second-order valence-electron chi connectivity index (χ2n) is 3.98. The Kier molecular flexibility index (Phi) is 3.69. The van der Waals surface area contributed by atoms with Gasteiger partial charge >= 0.3 is 5.97 Å². The number of carbonyl (C=O) groups is 1. The quantitative estimate of drug-likeness (QED) is 0.797. The van der Waals surface area contributed by atoms with Gasteiger partial charge in [0.25, 0.3) is 10.0 Å². The van der Waals surface area contributed by atoms with E-state index in [2.05, 4.69) is 14.9 Å². The molecule has 0 radical (unpaired) electrons. The Bertz CT molecular complexity index is 770. The third-order valence-corrected chi connectivity index (χ3v) is 4.11. The van der Waals surface area contributed by atoms with E-state index in [9.17, 15) is 13.2 Å². The molecular weight excluding hydrogens is 306 g/mol. The fourth-order valence-corrected chi connectivity index (χ4v) is 3.02. The van der Waals surface area contributed by atoms with Gasteiger partial charge in [0, 0.05) is 5.02 Å². The first-order valence-corrected chi connectivity index (χ1v) is 7.23.